The van der Waals surface area contributed by atoms with E-state index in [1.54, 1.807) is 58.6 Å². The first-order valence-corrected chi connectivity index (χ1v) is 41.8. The third kappa shape index (κ3) is 19.5. The minimum atomic E-state index is -0.990. The van der Waals surface area contributed by atoms with E-state index >= 15 is 4.79 Å². The van der Waals surface area contributed by atoms with E-state index in [9.17, 15) is 33.6 Å². The average molecular weight is 1580 g/mol. The molecule has 12 atom stereocenters. The molecule has 616 valence electrons. The molecule has 0 radical (unpaired) electrons. The van der Waals surface area contributed by atoms with Crippen LogP contribution < -0.4 is 24.3 Å². The number of benzene rings is 2. The van der Waals surface area contributed by atoms with Crippen molar-refractivity contribution in [3.05, 3.63) is 83.2 Å². The van der Waals surface area contributed by atoms with Gasteiger partial charge in [-0.3, -0.25) is 43.3 Å². The number of aromatic nitrogens is 2. The highest BCUT2D eigenvalue weighted by atomic mass is 35.5. The van der Waals surface area contributed by atoms with Gasteiger partial charge in [0.05, 0.1) is 131 Å². The molecule has 0 bridgehead atoms. The highest BCUT2D eigenvalue weighted by Crippen LogP contribution is 2.61. The zero-order valence-electron chi connectivity index (χ0n) is 68.5. The number of ether oxygens (including phenoxy) is 10. The number of esters is 4. The van der Waals surface area contributed by atoms with Gasteiger partial charge in [-0.2, -0.15) is 0 Å². The predicted octanol–water partition coefficient (Wildman–Crippen LogP) is 13.4. The molecule has 10 aliphatic rings. The molecule has 14 rings (SSSR count). The number of nitrogens with zero attached hydrogens (tertiary/aromatic N) is 5. The number of hydrogen-bond acceptors (Lipinski definition) is 22. The van der Waals surface area contributed by atoms with E-state index in [2.05, 4.69) is 34.5 Å². The molecule has 6 fully saturated rings. The van der Waals surface area contributed by atoms with Gasteiger partial charge in [0.15, 0.2) is 11.6 Å². The minimum absolute atomic E-state index is 0.0312. The number of methoxy groups -OCH3 is 2. The van der Waals surface area contributed by atoms with Crippen molar-refractivity contribution >= 4 is 80.7 Å². The third-order valence-corrected chi connectivity index (χ3v) is 24.5. The van der Waals surface area contributed by atoms with Crippen molar-refractivity contribution in [1.82, 2.24) is 30.0 Å². The molecule has 113 heavy (non-hydrogen) atoms. The lowest BCUT2D eigenvalue weighted by atomic mass is 9.81. The van der Waals surface area contributed by atoms with E-state index in [0.717, 1.165) is 116 Å². The van der Waals surface area contributed by atoms with Crippen molar-refractivity contribution in [3.8, 4) is 23.0 Å². The number of morpholine rings is 2. The lowest BCUT2D eigenvalue weighted by Gasteiger charge is -2.45. The third-order valence-electron chi connectivity index (χ3n) is 24.1. The molecule has 24 nitrogen and oxygen atoms in total. The van der Waals surface area contributed by atoms with Crippen LogP contribution in [0.15, 0.2) is 60.7 Å². The van der Waals surface area contributed by atoms with Crippen LogP contribution in [0, 0.1) is 48.3 Å². The molecular formula is C88H119ClN6O18. The van der Waals surface area contributed by atoms with Gasteiger partial charge in [-0.15, -0.1) is 11.6 Å². The highest BCUT2D eigenvalue weighted by Gasteiger charge is 2.65. The second-order valence-corrected chi connectivity index (χ2v) is 35.3. The fourth-order valence-electron chi connectivity index (χ4n) is 18.4. The Hall–Kier alpha value is -7.77. The van der Waals surface area contributed by atoms with Crippen molar-refractivity contribution < 1.29 is 85.7 Å². The molecule has 2 amide bonds. The van der Waals surface area contributed by atoms with Crippen LogP contribution in [-0.2, 0) is 66.8 Å². The maximum atomic E-state index is 15.0. The second kappa shape index (κ2) is 35.8. The van der Waals surface area contributed by atoms with Crippen molar-refractivity contribution in [2.75, 3.05) is 93.1 Å². The standard InChI is InChI=1S/C44H59N3O9.C40H51ClN2O8.C4H9NO/c1-7-54-41(51)44-23-30(44)14-12-10-8-9-11-13-29(21-37(49)55-42(3,4)5)40(50)47-27-43(24-34(47)36(48)26-44)25-35(46-17-19-53-20-18-46)38-32-22-31(52-6)15-16-33(32)45-28(2)39(38)56-43;1-7-49-37(47)40-19-26(40)14-12-10-8-9-11-13-25(17-33(45)50-38(3,4)5)36(46)43-23-39(21-31(43)32(44)22-40)20-29(41)34-28-18-27(48-6)15-16-30(28)42-24(2)35(34)51-39;1-3-6-4-2-5-1/h12,14-16,22,29-30,34-35H,7-11,13,17-21,23-27H2,1-6H3;12,14-16,18,25-26,29,31H,7-11,13,17,19-23H2,1-6H3;5H,1-4H2/b2*14-12-;/t29-,30-,34+,35?,43+,44-;25-,26-,29?,31+,39-,40-;/m11./s1. The molecule has 2 spiro atoms. The Morgan fingerprint density at radius 3 is 1.42 bits per heavy atom. The van der Waals surface area contributed by atoms with Crippen LogP contribution in [0.5, 0.6) is 23.0 Å². The van der Waals surface area contributed by atoms with Crippen LogP contribution in [0.25, 0.3) is 21.8 Å². The fraction of sp³-hybridized carbons (Fsp3) is 0.659. The molecule has 8 aliphatic heterocycles. The van der Waals surface area contributed by atoms with Crippen LogP contribution in [0.4, 0.5) is 0 Å². The number of carbonyl (C=O) groups excluding carboxylic acids is 8. The lowest BCUT2D eigenvalue weighted by molar-refractivity contribution is -0.159. The van der Waals surface area contributed by atoms with E-state index in [0.29, 0.717) is 93.5 Å². The van der Waals surface area contributed by atoms with Crippen molar-refractivity contribution in [2.24, 2.45) is 34.5 Å². The number of ketones is 2. The summed E-state index contributed by atoms with van der Waals surface area (Å²) in [5.74, 6) is -1.50. The number of Topliss-reactive ketones (excluding diaryl/α,β-unsaturated/α-hetero) is 2. The van der Waals surface area contributed by atoms with Gasteiger partial charge in [-0.05, 0) is 169 Å². The van der Waals surface area contributed by atoms with Crippen LogP contribution in [0.3, 0.4) is 0 Å². The molecule has 4 aromatic rings. The summed E-state index contributed by atoms with van der Waals surface area (Å²) >= 11 is 7.27. The van der Waals surface area contributed by atoms with Crippen molar-refractivity contribution in [3.63, 3.8) is 0 Å². The summed E-state index contributed by atoms with van der Waals surface area (Å²) in [6.07, 6.45) is 18.2. The highest BCUT2D eigenvalue weighted by molar-refractivity contribution is 6.22. The van der Waals surface area contributed by atoms with Crippen LogP contribution >= 0.6 is 11.6 Å². The van der Waals surface area contributed by atoms with Gasteiger partial charge in [0.1, 0.15) is 45.4 Å². The lowest BCUT2D eigenvalue weighted by Crippen LogP contribution is -2.50. The van der Waals surface area contributed by atoms with E-state index in [-0.39, 0.29) is 118 Å². The Kier molecular flexibility index (Phi) is 26.8. The molecular weight excluding hydrogens is 1460 g/mol. The summed E-state index contributed by atoms with van der Waals surface area (Å²) in [7, 11) is 3.25. The summed E-state index contributed by atoms with van der Waals surface area (Å²) in [4.78, 5) is 128. The maximum absolute atomic E-state index is 15.0. The van der Waals surface area contributed by atoms with Gasteiger partial charge in [0.25, 0.3) is 0 Å². The number of alkyl halides is 1. The van der Waals surface area contributed by atoms with Gasteiger partial charge in [0.2, 0.25) is 11.8 Å². The Balaban J connectivity index is 0.000000195. The summed E-state index contributed by atoms with van der Waals surface area (Å²) in [6.45, 7) is 25.4. The van der Waals surface area contributed by atoms with Gasteiger partial charge in [0, 0.05) is 104 Å². The largest absolute Gasteiger partial charge is 0.497 e. The number of amides is 2. The van der Waals surface area contributed by atoms with Crippen molar-refractivity contribution in [1.29, 1.82) is 0 Å². The van der Waals surface area contributed by atoms with E-state index < -0.39 is 74.5 Å². The summed E-state index contributed by atoms with van der Waals surface area (Å²) in [6, 6.07) is 9.69. The van der Waals surface area contributed by atoms with Gasteiger partial charge in [-0.25, -0.2) is 9.97 Å². The van der Waals surface area contributed by atoms with E-state index in [1.807, 2.05) is 71.0 Å². The zero-order chi connectivity index (χ0) is 80.8. The smallest absolute Gasteiger partial charge is 0.313 e. The van der Waals surface area contributed by atoms with Crippen molar-refractivity contribution in [2.45, 2.75) is 244 Å². The summed E-state index contributed by atoms with van der Waals surface area (Å²) in [5.41, 5.74) is -0.429. The molecule has 2 saturated carbocycles. The SMILES string of the molecule is C1COCCN1.CCOC(=O)[C@]12CC(=O)[C@@H]3C[C@]4(CC(Cl)c5c(c(C)nc6ccc(OC)cc56)O4)CN3C(=O)[C@@H](CC(=O)OC(C)(C)C)CCCCC/C=C\[C@@H]1C2.CCOC(=O)[C@]12CC(=O)[C@@H]3C[C@]4(CC(N5CCOCC5)c5c(c(C)nc6ccc(OC)cc56)O4)CN3C(=O)[C@@H](CC(=O)OC(C)(C)C)CCCCC/C=C\[C@@H]1C2. The monoisotopic (exact) mass is 1580 g/mol. The van der Waals surface area contributed by atoms with Crippen LogP contribution in [0.2, 0.25) is 0 Å². The number of hydrogen-bond donors (Lipinski definition) is 1. The molecule has 4 saturated heterocycles. The molecule has 10 heterocycles. The summed E-state index contributed by atoms with van der Waals surface area (Å²) < 4.78 is 58.5. The van der Waals surface area contributed by atoms with E-state index in [4.69, 9.17) is 68.9 Å². The Labute approximate surface area is 670 Å². The second-order valence-electron chi connectivity index (χ2n) is 34.8. The quantitative estimate of drug-likeness (QED) is 0.0632. The Morgan fingerprint density at radius 2 is 1.00 bits per heavy atom. The number of pyridine rings is 2. The Morgan fingerprint density at radius 1 is 0.566 bits per heavy atom. The topological polar surface area (TPSA) is 276 Å². The molecule has 2 aromatic heterocycles. The number of nitrogens with one attached hydrogen (secondary N) is 1. The van der Waals surface area contributed by atoms with Crippen LogP contribution in [-0.4, -0.2) is 200 Å². The molecule has 2 aliphatic carbocycles. The Bertz CT molecular complexity index is 4230. The molecule has 25 heteroatoms. The summed E-state index contributed by atoms with van der Waals surface area (Å²) in [5, 5.41) is 4.42. The van der Waals surface area contributed by atoms with Gasteiger partial charge < -0.3 is 62.5 Å². The number of allylic oxidation sites excluding steroid dienone is 4. The zero-order valence-corrected chi connectivity index (χ0v) is 69.2. The predicted molar refractivity (Wildman–Crippen MR) is 426 cm³/mol. The number of aryl methyl sites for hydroxylation is 2. The van der Waals surface area contributed by atoms with Gasteiger partial charge in [-0.1, -0.05) is 50.0 Å². The van der Waals surface area contributed by atoms with Crippen LogP contribution in [0.1, 0.15) is 218 Å². The van der Waals surface area contributed by atoms with E-state index in [1.165, 1.54) is 0 Å². The first kappa shape index (κ1) is 84.6. The number of halogens is 1. The molecule has 1 N–H and O–H groups in total. The molecule has 2 unspecified atom stereocenters. The first-order valence-electron chi connectivity index (χ1n) is 41.3. The molecule has 2 aromatic carbocycles. The minimum Gasteiger partial charge on any atom is -0.497 e. The average Bonchev–Trinajstić information content (AvgIpc) is 1.04. The normalized spacial score (nSPS) is 30.1. The first-order chi connectivity index (χ1) is 53.9. The van der Waals surface area contributed by atoms with Gasteiger partial charge >= 0.3 is 23.9 Å². The number of fused-ring (bicyclic) bond motifs is 10. The maximum Gasteiger partial charge on any atom is 0.313 e. The number of rotatable bonds is 11. The fourth-order valence-corrected chi connectivity index (χ4v) is 18.9. The number of carbonyl (C=O) groups is 8.